The Kier molecular flexibility index (Phi) is 11.3. The molecule has 0 aromatic heterocycles. The molecule has 0 radical (unpaired) electrons. The molecule has 2 N–H and O–H groups in total. The molecule has 0 spiro atoms. The monoisotopic (exact) mass is 494 g/mol. The molecule has 0 aliphatic heterocycles. The molecule has 0 heterocycles. The third kappa shape index (κ3) is 10.4. The highest BCUT2D eigenvalue weighted by molar-refractivity contribution is 6.31. The SMILES string of the molecule is Cc1cc(Cl)ccc1OCCCC(=O)NCC(C)NC(=O)CCCOc1ccc(Cl)cc1C. The number of carbonyl (C=O) groups is 2. The minimum Gasteiger partial charge on any atom is -0.493 e. The summed E-state index contributed by atoms with van der Waals surface area (Å²) in [5, 5.41) is 7.07. The molecule has 2 aromatic rings. The number of hydrogen-bond acceptors (Lipinski definition) is 4. The Labute approximate surface area is 205 Å². The Morgan fingerprint density at radius 1 is 0.848 bits per heavy atom. The first-order valence-corrected chi connectivity index (χ1v) is 11.8. The summed E-state index contributed by atoms with van der Waals surface area (Å²) in [6.07, 6.45) is 1.91. The summed E-state index contributed by atoms with van der Waals surface area (Å²) in [7, 11) is 0. The Balaban J connectivity index is 1.53. The second kappa shape index (κ2) is 14.0. The van der Waals surface area contributed by atoms with Crippen LogP contribution in [0.5, 0.6) is 11.5 Å². The van der Waals surface area contributed by atoms with Crippen LogP contribution in [0.2, 0.25) is 10.0 Å². The number of benzene rings is 2. The maximum Gasteiger partial charge on any atom is 0.220 e. The van der Waals surface area contributed by atoms with Crippen LogP contribution in [0.1, 0.15) is 43.7 Å². The first-order valence-electron chi connectivity index (χ1n) is 11.1. The summed E-state index contributed by atoms with van der Waals surface area (Å²) in [4.78, 5) is 24.1. The van der Waals surface area contributed by atoms with Crippen LogP contribution in [0.4, 0.5) is 0 Å². The van der Waals surface area contributed by atoms with Gasteiger partial charge in [0.2, 0.25) is 11.8 Å². The van der Waals surface area contributed by atoms with Gasteiger partial charge in [0.1, 0.15) is 11.5 Å². The van der Waals surface area contributed by atoms with E-state index in [4.69, 9.17) is 32.7 Å². The van der Waals surface area contributed by atoms with Crippen molar-refractivity contribution < 1.29 is 19.1 Å². The second-order valence-electron chi connectivity index (χ2n) is 8.00. The molecule has 0 saturated heterocycles. The van der Waals surface area contributed by atoms with Gasteiger partial charge in [-0.25, -0.2) is 0 Å². The molecule has 1 unspecified atom stereocenters. The molecule has 0 aliphatic rings. The molecule has 33 heavy (non-hydrogen) atoms. The molecule has 0 fully saturated rings. The Morgan fingerprint density at radius 3 is 1.82 bits per heavy atom. The Hall–Kier alpha value is -2.44. The fraction of sp³-hybridized carbons (Fsp3) is 0.440. The molecule has 8 heteroatoms. The Morgan fingerprint density at radius 2 is 1.33 bits per heavy atom. The molecule has 0 saturated carbocycles. The molecule has 1 atom stereocenters. The highest BCUT2D eigenvalue weighted by atomic mass is 35.5. The van der Waals surface area contributed by atoms with Gasteiger partial charge in [-0.1, -0.05) is 23.2 Å². The minimum atomic E-state index is -0.158. The maximum absolute atomic E-state index is 12.1. The summed E-state index contributed by atoms with van der Waals surface area (Å²) in [6, 6.07) is 10.7. The number of hydrogen-bond donors (Lipinski definition) is 2. The zero-order valence-corrected chi connectivity index (χ0v) is 20.9. The second-order valence-corrected chi connectivity index (χ2v) is 8.87. The lowest BCUT2D eigenvalue weighted by atomic mass is 10.2. The van der Waals surface area contributed by atoms with Crippen molar-refractivity contribution in [3.05, 3.63) is 57.6 Å². The van der Waals surface area contributed by atoms with Crippen LogP contribution < -0.4 is 20.1 Å². The van der Waals surface area contributed by atoms with Crippen molar-refractivity contribution in [2.45, 2.75) is 52.5 Å². The predicted molar refractivity (Wildman–Crippen MR) is 132 cm³/mol. The van der Waals surface area contributed by atoms with Gasteiger partial charge in [-0.2, -0.15) is 0 Å². The highest BCUT2D eigenvalue weighted by Gasteiger charge is 2.10. The number of ether oxygens (including phenoxy) is 2. The number of amides is 2. The van der Waals surface area contributed by atoms with Gasteiger partial charge in [0.15, 0.2) is 0 Å². The third-order valence-corrected chi connectivity index (χ3v) is 5.37. The van der Waals surface area contributed by atoms with Crippen molar-refractivity contribution in [3.8, 4) is 11.5 Å². The number of rotatable bonds is 13. The van der Waals surface area contributed by atoms with Gasteiger partial charge in [0.05, 0.1) is 13.2 Å². The first kappa shape index (κ1) is 26.8. The average Bonchev–Trinajstić information content (AvgIpc) is 2.75. The minimum absolute atomic E-state index is 0.0695. The predicted octanol–water partition coefficient (Wildman–Crippen LogP) is 5.25. The standard InChI is InChI=1S/C25H32Cl2N2O4/c1-17-14-20(26)8-10-22(17)32-12-4-6-24(30)28-16-19(3)29-25(31)7-5-13-33-23-11-9-21(27)15-18(23)2/h8-11,14-15,19H,4-7,12-13,16H2,1-3H3,(H,28,30)(H,29,31). The van der Waals surface area contributed by atoms with Gasteiger partial charge in [-0.05, 0) is 81.1 Å². The van der Waals surface area contributed by atoms with Crippen LogP contribution in [-0.2, 0) is 9.59 Å². The van der Waals surface area contributed by atoms with Crippen LogP contribution in [0.3, 0.4) is 0 Å². The van der Waals surface area contributed by atoms with Crippen LogP contribution in [0.15, 0.2) is 36.4 Å². The highest BCUT2D eigenvalue weighted by Crippen LogP contribution is 2.22. The van der Waals surface area contributed by atoms with Crippen molar-refractivity contribution in [2.75, 3.05) is 19.8 Å². The average molecular weight is 495 g/mol. The molecule has 0 aliphatic carbocycles. The van der Waals surface area contributed by atoms with E-state index in [9.17, 15) is 9.59 Å². The van der Waals surface area contributed by atoms with E-state index in [1.807, 2.05) is 45.0 Å². The zero-order chi connectivity index (χ0) is 24.2. The lowest BCUT2D eigenvalue weighted by molar-refractivity contribution is -0.123. The van der Waals surface area contributed by atoms with E-state index >= 15 is 0 Å². The largest absolute Gasteiger partial charge is 0.493 e. The van der Waals surface area contributed by atoms with E-state index in [0.717, 1.165) is 22.6 Å². The van der Waals surface area contributed by atoms with Crippen molar-refractivity contribution in [2.24, 2.45) is 0 Å². The van der Waals surface area contributed by atoms with E-state index in [-0.39, 0.29) is 17.9 Å². The van der Waals surface area contributed by atoms with Gasteiger partial charge >= 0.3 is 0 Å². The Bertz CT molecular complexity index is 937. The normalized spacial score (nSPS) is 11.5. The van der Waals surface area contributed by atoms with Crippen molar-refractivity contribution in [1.29, 1.82) is 0 Å². The van der Waals surface area contributed by atoms with Gasteiger partial charge in [-0.3, -0.25) is 9.59 Å². The topological polar surface area (TPSA) is 76.7 Å². The van der Waals surface area contributed by atoms with E-state index in [0.29, 0.717) is 55.5 Å². The maximum atomic E-state index is 12.1. The summed E-state index contributed by atoms with van der Waals surface area (Å²) in [5.41, 5.74) is 1.92. The van der Waals surface area contributed by atoms with E-state index < -0.39 is 0 Å². The molecular weight excluding hydrogens is 463 g/mol. The zero-order valence-electron chi connectivity index (χ0n) is 19.4. The van der Waals surface area contributed by atoms with E-state index in [1.165, 1.54) is 0 Å². The van der Waals surface area contributed by atoms with Crippen LogP contribution in [0.25, 0.3) is 0 Å². The molecule has 2 amide bonds. The smallest absolute Gasteiger partial charge is 0.220 e. The van der Waals surface area contributed by atoms with E-state index in [2.05, 4.69) is 10.6 Å². The quantitative estimate of drug-likeness (QED) is 0.372. The molecule has 0 bridgehead atoms. The fourth-order valence-corrected chi connectivity index (χ4v) is 3.59. The van der Waals surface area contributed by atoms with Gasteiger partial charge < -0.3 is 20.1 Å². The number of nitrogens with one attached hydrogen (secondary N) is 2. The van der Waals surface area contributed by atoms with Crippen LogP contribution >= 0.6 is 23.2 Å². The summed E-state index contributed by atoms with van der Waals surface area (Å²) >= 11 is 11.9. The van der Waals surface area contributed by atoms with Crippen molar-refractivity contribution >= 4 is 35.0 Å². The van der Waals surface area contributed by atoms with E-state index in [1.54, 1.807) is 12.1 Å². The first-order chi connectivity index (χ1) is 15.7. The summed E-state index contributed by atoms with van der Waals surface area (Å²) < 4.78 is 11.4. The lowest BCUT2D eigenvalue weighted by Crippen LogP contribution is -2.41. The van der Waals surface area contributed by atoms with Crippen LogP contribution in [0, 0.1) is 13.8 Å². The number of halogens is 2. The molecule has 6 nitrogen and oxygen atoms in total. The molecule has 2 rings (SSSR count). The third-order valence-electron chi connectivity index (χ3n) is 4.90. The number of aryl methyl sites for hydroxylation is 2. The van der Waals surface area contributed by atoms with Crippen LogP contribution in [-0.4, -0.2) is 37.6 Å². The molecular formula is C25H32Cl2N2O4. The van der Waals surface area contributed by atoms with Gasteiger partial charge in [-0.15, -0.1) is 0 Å². The summed E-state index contributed by atoms with van der Waals surface area (Å²) in [5.74, 6) is 1.40. The number of carbonyl (C=O) groups excluding carboxylic acids is 2. The van der Waals surface area contributed by atoms with Crippen molar-refractivity contribution in [3.63, 3.8) is 0 Å². The summed E-state index contributed by atoms with van der Waals surface area (Å²) in [6.45, 7) is 6.98. The van der Waals surface area contributed by atoms with Crippen molar-refractivity contribution in [1.82, 2.24) is 10.6 Å². The van der Waals surface area contributed by atoms with Gasteiger partial charge in [0, 0.05) is 35.5 Å². The lowest BCUT2D eigenvalue weighted by Gasteiger charge is -2.15. The van der Waals surface area contributed by atoms with Gasteiger partial charge in [0.25, 0.3) is 0 Å². The molecule has 2 aromatic carbocycles. The molecule has 180 valence electrons. The fourth-order valence-electron chi connectivity index (χ4n) is 3.13.